The van der Waals surface area contributed by atoms with E-state index in [1.165, 1.54) is 5.56 Å². The summed E-state index contributed by atoms with van der Waals surface area (Å²) in [6.45, 7) is 4.94. The summed E-state index contributed by atoms with van der Waals surface area (Å²) in [6.07, 6.45) is 1.73. The normalized spacial score (nSPS) is 12.4. The van der Waals surface area contributed by atoms with Crippen molar-refractivity contribution in [2.75, 3.05) is 7.11 Å². The van der Waals surface area contributed by atoms with Crippen LogP contribution in [0.4, 0.5) is 0 Å². The summed E-state index contributed by atoms with van der Waals surface area (Å²) in [6, 6.07) is 8.40. The molecule has 0 saturated carbocycles. The lowest BCUT2D eigenvalue weighted by Crippen LogP contribution is -2.18. The average molecular weight is 245 g/mol. The molecule has 0 aliphatic rings. The fraction of sp³-hybridized carbons (Fsp3) is 0.357. The number of H-pyrrole nitrogens is 1. The summed E-state index contributed by atoms with van der Waals surface area (Å²) in [7, 11) is 1.68. The second-order valence-electron chi connectivity index (χ2n) is 4.35. The van der Waals surface area contributed by atoms with E-state index in [0.717, 1.165) is 23.7 Å². The number of aromatic amines is 1. The van der Waals surface area contributed by atoms with E-state index in [-0.39, 0.29) is 6.04 Å². The van der Waals surface area contributed by atoms with E-state index in [2.05, 4.69) is 34.3 Å². The van der Waals surface area contributed by atoms with Gasteiger partial charge in [0.05, 0.1) is 19.1 Å². The third-order valence-corrected chi connectivity index (χ3v) is 3.13. The summed E-state index contributed by atoms with van der Waals surface area (Å²) in [5.74, 6) is 0.883. The Morgan fingerprint density at radius 1 is 1.33 bits per heavy atom. The van der Waals surface area contributed by atoms with Gasteiger partial charge < -0.3 is 15.0 Å². The van der Waals surface area contributed by atoms with Crippen LogP contribution in [-0.2, 0) is 6.54 Å². The van der Waals surface area contributed by atoms with Gasteiger partial charge in [0.15, 0.2) is 0 Å². The Balaban J connectivity index is 1.94. The first-order chi connectivity index (χ1) is 8.70. The lowest BCUT2D eigenvalue weighted by molar-refractivity contribution is 0.414. The number of ether oxygens (including phenoxy) is 1. The molecule has 0 aliphatic heterocycles. The smallest absolute Gasteiger partial charge is 0.118 e. The van der Waals surface area contributed by atoms with Crippen LogP contribution >= 0.6 is 0 Å². The molecule has 4 heteroatoms. The number of imidazole rings is 1. The van der Waals surface area contributed by atoms with E-state index in [9.17, 15) is 0 Å². The first kappa shape index (κ1) is 12.6. The van der Waals surface area contributed by atoms with Crippen LogP contribution in [0.25, 0.3) is 0 Å². The molecule has 0 fully saturated rings. The third kappa shape index (κ3) is 2.90. The van der Waals surface area contributed by atoms with E-state index in [1.54, 1.807) is 13.4 Å². The van der Waals surface area contributed by atoms with E-state index in [1.807, 2.05) is 19.1 Å². The van der Waals surface area contributed by atoms with Gasteiger partial charge in [0, 0.05) is 18.3 Å². The molecular weight excluding hydrogens is 226 g/mol. The van der Waals surface area contributed by atoms with Crippen molar-refractivity contribution >= 4 is 0 Å². The molecule has 2 rings (SSSR count). The number of hydrogen-bond donors (Lipinski definition) is 2. The molecule has 0 spiro atoms. The molecule has 1 unspecified atom stereocenters. The molecule has 1 aromatic heterocycles. The number of rotatable bonds is 5. The molecule has 0 saturated heterocycles. The Hall–Kier alpha value is -1.81. The van der Waals surface area contributed by atoms with Crippen molar-refractivity contribution in [3.8, 4) is 5.75 Å². The highest BCUT2D eigenvalue weighted by molar-refractivity contribution is 5.28. The highest BCUT2D eigenvalue weighted by Crippen LogP contribution is 2.17. The van der Waals surface area contributed by atoms with E-state index in [4.69, 9.17) is 4.74 Å². The largest absolute Gasteiger partial charge is 0.497 e. The average Bonchev–Trinajstić information content (AvgIpc) is 2.81. The molecule has 1 heterocycles. The van der Waals surface area contributed by atoms with Crippen LogP contribution in [0.2, 0.25) is 0 Å². The summed E-state index contributed by atoms with van der Waals surface area (Å²) in [4.78, 5) is 7.35. The minimum Gasteiger partial charge on any atom is -0.497 e. The summed E-state index contributed by atoms with van der Waals surface area (Å²) in [5, 5.41) is 3.46. The topological polar surface area (TPSA) is 49.9 Å². The van der Waals surface area contributed by atoms with Crippen molar-refractivity contribution in [1.82, 2.24) is 15.3 Å². The number of nitrogens with one attached hydrogen (secondary N) is 2. The van der Waals surface area contributed by atoms with Crippen molar-refractivity contribution < 1.29 is 4.74 Å². The van der Waals surface area contributed by atoms with Crippen LogP contribution in [0.1, 0.15) is 29.9 Å². The number of aryl methyl sites for hydroxylation is 1. The van der Waals surface area contributed by atoms with Gasteiger partial charge in [-0.15, -0.1) is 0 Å². The Morgan fingerprint density at radius 3 is 2.61 bits per heavy atom. The molecule has 18 heavy (non-hydrogen) atoms. The lowest BCUT2D eigenvalue weighted by Gasteiger charge is -2.14. The molecular formula is C14H19N3O. The zero-order valence-electron chi connectivity index (χ0n) is 11.0. The van der Waals surface area contributed by atoms with Crippen LogP contribution in [0.15, 0.2) is 30.6 Å². The SMILES string of the molecule is COc1ccc(C(C)NCc2nc[nH]c2C)cc1. The van der Waals surface area contributed by atoms with Gasteiger partial charge in [-0.2, -0.15) is 0 Å². The Kier molecular flexibility index (Phi) is 3.99. The second kappa shape index (κ2) is 5.69. The van der Waals surface area contributed by atoms with E-state index in [0.29, 0.717) is 0 Å². The molecule has 4 nitrogen and oxygen atoms in total. The Bertz CT molecular complexity index is 490. The van der Waals surface area contributed by atoms with E-state index >= 15 is 0 Å². The molecule has 1 aromatic carbocycles. The fourth-order valence-corrected chi connectivity index (χ4v) is 1.83. The van der Waals surface area contributed by atoms with Crippen molar-refractivity contribution in [3.63, 3.8) is 0 Å². The summed E-state index contributed by atoms with van der Waals surface area (Å²) in [5.41, 5.74) is 3.42. The molecule has 2 aromatic rings. The van der Waals surface area contributed by atoms with Crippen LogP contribution in [0.5, 0.6) is 5.75 Å². The van der Waals surface area contributed by atoms with Gasteiger partial charge in [-0.05, 0) is 31.5 Å². The maximum absolute atomic E-state index is 5.15. The highest BCUT2D eigenvalue weighted by Gasteiger charge is 2.07. The van der Waals surface area contributed by atoms with Crippen LogP contribution in [0.3, 0.4) is 0 Å². The first-order valence-electron chi connectivity index (χ1n) is 6.07. The van der Waals surface area contributed by atoms with E-state index < -0.39 is 0 Å². The Morgan fingerprint density at radius 2 is 2.06 bits per heavy atom. The molecule has 0 amide bonds. The zero-order chi connectivity index (χ0) is 13.0. The molecule has 0 aliphatic carbocycles. The molecule has 0 bridgehead atoms. The maximum Gasteiger partial charge on any atom is 0.118 e. The second-order valence-corrected chi connectivity index (χ2v) is 4.35. The standard InChI is InChI=1S/C14H19N3O/c1-10(12-4-6-13(18-3)7-5-12)15-8-14-11(2)16-9-17-14/h4-7,9-10,15H,8H2,1-3H3,(H,16,17). The first-order valence-corrected chi connectivity index (χ1v) is 6.07. The van der Waals surface area contributed by atoms with Gasteiger partial charge in [-0.3, -0.25) is 0 Å². The van der Waals surface area contributed by atoms with Crippen LogP contribution < -0.4 is 10.1 Å². The quantitative estimate of drug-likeness (QED) is 0.851. The van der Waals surface area contributed by atoms with Crippen molar-refractivity contribution in [2.45, 2.75) is 26.4 Å². The van der Waals surface area contributed by atoms with Gasteiger partial charge in [-0.25, -0.2) is 4.98 Å². The van der Waals surface area contributed by atoms with Crippen molar-refractivity contribution in [1.29, 1.82) is 0 Å². The zero-order valence-corrected chi connectivity index (χ0v) is 11.0. The molecule has 0 radical (unpaired) electrons. The molecule has 1 atom stereocenters. The van der Waals surface area contributed by atoms with Crippen LogP contribution in [0, 0.1) is 6.92 Å². The van der Waals surface area contributed by atoms with Gasteiger partial charge in [0.2, 0.25) is 0 Å². The number of hydrogen-bond acceptors (Lipinski definition) is 3. The van der Waals surface area contributed by atoms with Gasteiger partial charge in [0.25, 0.3) is 0 Å². The van der Waals surface area contributed by atoms with Gasteiger partial charge in [-0.1, -0.05) is 12.1 Å². The minimum atomic E-state index is 0.284. The predicted octanol–water partition coefficient (Wildman–Crippen LogP) is 2.58. The highest BCUT2D eigenvalue weighted by atomic mass is 16.5. The molecule has 96 valence electrons. The number of benzene rings is 1. The Labute approximate surface area is 107 Å². The predicted molar refractivity (Wildman–Crippen MR) is 71.6 cm³/mol. The summed E-state index contributed by atoms with van der Waals surface area (Å²) < 4.78 is 5.15. The summed E-state index contributed by atoms with van der Waals surface area (Å²) >= 11 is 0. The van der Waals surface area contributed by atoms with Gasteiger partial charge >= 0.3 is 0 Å². The molecule has 2 N–H and O–H groups in total. The van der Waals surface area contributed by atoms with Crippen molar-refractivity contribution in [3.05, 3.63) is 47.5 Å². The van der Waals surface area contributed by atoms with Crippen molar-refractivity contribution in [2.24, 2.45) is 0 Å². The monoisotopic (exact) mass is 245 g/mol. The maximum atomic E-state index is 5.15. The number of aromatic nitrogens is 2. The number of nitrogens with zero attached hydrogens (tertiary/aromatic N) is 1. The van der Waals surface area contributed by atoms with Crippen LogP contribution in [-0.4, -0.2) is 17.1 Å². The van der Waals surface area contributed by atoms with Gasteiger partial charge in [0.1, 0.15) is 5.75 Å². The number of methoxy groups -OCH3 is 1. The third-order valence-electron chi connectivity index (χ3n) is 3.13. The lowest BCUT2D eigenvalue weighted by atomic mass is 10.1. The minimum absolute atomic E-state index is 0.284. The fourth-order valence-electron chi connectivity index (χ4n) is 1.83.